The number of fused-ring (bicyclic) bond motifs is 1. The van der Waals surface area contributed by atoms with E-state index in [4.69, 9.17) is 14.2 Å². The van der Waals surface area contributed by atoms with Crippen LogP contribution in [0, 0.1) is 0 Å². The molecule has 178 valence electrons. The maximum Gasteiger partial charge on any atom is 0.229 e. The number of phenolic OH excluding ortho intramolecular Hbond substituents is 3. The predicted octanol–water partition coefficient (Wildman–Crippen LogP) is -1.34. The van der Waals surface area contributed by atoms with E-state index in [0.29, 0.717) is 0 Å². The van der Waals surface area contributed by atoms with Crippen LogP contribution in [0.5, 0.6) is 28.7 Å². The highest BCUT2D eigenvalue weighted by Crippen LogP contribution is 2.44. The average molecular weight is 466 g/mol. The van der Waals surface area contributed by atoms with Gasteiger partial charge in [-0.05, 0) is 12.1 Å². The largest absolute Gasteiger partial charge is 0.508 e. The second kappa shape index (κ2) is 8.67. The number of carbonyl (C=O) groups is 1. The third-order valence-electron chi connectivity index (χ3n) is 5.53. The fraction of sp³-hybridized carbons (Fsp3) is 0.381. The van der Waals surface area contributed by atoms with E-state index in [1.165, 1.54) is 12.1 Å². The van der Waals surface area contributed by atoms with Gasteiger partial charge in [0.1, 0.15) is 58.7 Å². The van der Waals surface area contributed by atoms with Gasteiger partial charge in [0.25, 0.3) is 0 Å². The van der Waals surface area contributed by atoms with Crippen molar-refractivity contribution >= 4 is 5.78 Å². The molecule has 4 rings (SSSR count). The first-order valence-corrected chi connectivity index (χ1v) is 9.87. The molecular formula is C21H22O12. The molecule has 2 aromatic rings. The van der Waals surface area contributed by atoms with E-state index in [1.807, 2.05) is 0 Å². The molecule has 0 bridgehead atoms. The van der Waals surface area contributed by atoms with Crippen LogP contribution in [0.25, 0.3) is 0 Å². The number of hydrogen-bond donors (Lipinski definition) is 8. The number of ketones is 1. The summed E-state index contributed by atoms with van der Waals surface area (Å²) in [7, 11) is 0. The normalized spacial score (nSPS) is 31.5. The van der Waals surface area contributed by atoms with Gasteiger partial charge in [0, 0.05) is 23.8 Å². The number of aliphatic hydroxyl groups excluding tert-OH is 5. The lowest BCUT2D eigenvalue weighted by Crippen LogP contribution is -2.60. The fourth-order valence-corrected chi connectivity index (χ4v) is 3.78. The van der Waals surface area contributed by atoms with Crippen LogP contribution in [0.2, 0.25) is 0 Å². The van der Waals surface area contributed by atoms with Crippen LogP contribution >= 0.6 is 0 Å². The lowest BCUT2D eigenvalue weighted by Gasteiger charge is -2.39. The third-order valence-corrected chi connectivity index (χ3v) is 5.53. The van der Waals surface area contributed by atoms with Gasteiger partial charge in [-0.25, -0.2) is 0 Å². The molecule has 0 amide bonds. The molecule has 12 nitrogen and oxygen atoms in total. The first kappa shape index (κ1) is 23.0. The summed E-state index contributed by atoms with van der Waals surface area (Å²) in [5.41, 5.74) is -0.350. The van der Waals surface area contributed by atoms with Crippen LogP contribution < -0.4 is 9.47 Å². The van der Waals surface area contributed by atoms with Gasteiger partial charge in [-0.15, -0.1) is 0 Å². The minimum Gasteiger partial charge on any atom is -0.508 e. The van der Waals surface area contributed by atoms with Gasteiger partial charge in [0.15, 0.2) is 12.2 Å². The number of hydrogen-bond acceptors (Lipinski definition) is 12. The minimum absolute atomic E-state index is 0.000884. The Bertz CT molecular complexity index is 1050. The topological polar surface area (TPSA) is 207 Å². The Morgan fingerprint density at radius 2 is 1.64 bits per heavy atom. The summed E-state index contributed by atoms with van der Waals surface area (Å²) in [5.74, 6) is -2.60. The number of benzene rings is 2. The number of phenols is 3. The number of carbonyl (C=O) groups excluding carboxylic acids is 1. The highest BCUT2D eigenvalue weighted by atomic mass is 16.7. The molecule has 0 aliphatic carbocycles. The van der Waals surface area contributed by atoms with Crippen LogP contribution in [-0.4, -0.2) is 90.1 Å². The molecule has 33 heavy (non-hydrogen) atoms. The van der Waals surface area contributed by atoms with Crippen LogP contribution in [0.3, 0.4) is 0 Å². The number of aliphatic hydroxyl groups is 5. The van der Waals surface area contributed by atoms with E-state index in [2.05, 4.69) is 0 Å². The van der Waals surface area contributed by atoms with E-state index in [1.54, 1.807) is 0 Å². The van der Waals surface area contributed by atoms with Gasteiger partial charge >= 0.3 is 0 Å². The van der Waals surface area contributed by atoms with Crippen molar-refractivity contribution in [1.29, 1.82) is 0 Å². The molecule has 1 fully saturated rings. The minimum atomic E-state index is -1.78. The molecule has 2 aliphatic heterocycles. The number of Topliss-reactive ketones (excluding diaryl/α,β-unsaturated/α-hetero) is 1. The van der Waals surface area contributed by atoms with Gasteiger partial charge in [0.2, 0.25) is 12.1 Å². The zero-order valence-corrected chi connectivity index (χ0v) is 16.8. The van der Waals surface area contributed by atoms with Gasteiger partial charge < -0.3 is 55.1 Å². The molecule has 8 N–H and O–H groups in total. The number of aromatic hydroxyl groups is 3. The molecule has 2 unspecified atom stereocenters. The van der Waals surface area contributed by atoms with Crippen molar-refractivity contribution in [2.75, 3.05) is 6.61 Å². The van der Waals surface area contributed by atoms with Crippen LogP contribution in [-0.2, 0) is 4.74 Å². The van der Waals surface area contributed by atoms with Gasteiger partial charge in [-0.1, -0.05) is 0 Å². The van der Waals surface area contributed by atoms with E-state index in [0.717, 1.165) is 18.2 Å². The summed E-state index contributed by atoms with van der Waals surface area (Å²) < 4.78 is 16.4. The Hall–Kier alpha value is -3.13. The van der Waals surface area contributed by atoms with Crippen molar-refractivity contribution < 1.29 is 59.9 Å². The van der Waals surface area contributed by atoms with Crippen LogP contribution in [0.15, 0.2) is 30.3 Å². The Kier molecular flexibility index (Phi) is 6.05. The Morgan fingerprint density at radius 3 is 2.30 bits per heavy atom. The van der Waals surface area contributed by atoms with Gasteiger partial charge in [-0.2, -0.15) is 0 Å². The molecule has 0 saturated carbocycles. The van der Waals surface area contributed by atoms with E-state index < -0.39 is 66.8 Å². The smallest absolute Gasteiger partial charge is 0.229 e. The number of ether oxygens (including phenoxy) is 3. The SMILES string of the molecule is O=C1c2c(O)cc(O[C@@H]3O[C@H](CO)[C@H](O)C(O)[C@@H]3O)cc2O[C@H](c2ccc(O)cc2O)C1O. The Labute approximate surface area is 186 Å². The predicted molar refractivity (Wildman–Crippen MR) is 106 cm³/mol. The molecule has 2 aromatic carbocycles. The van der Waals surface area contributed by atoms with Crippen molar-refractivity contribution in [3.8, 4) is 28.7 Å². The van der Waals surface area contributed by atoms with Crippen molar-refractivity contribution in [2.45, 2.75) is 42.9 Å². The fourth-order valence-electron chi connectivity index (χ4n) is 3.78. The third kappa shape index (κ3) is 4.04. The number of rotatable bonds is 4. The molecule has 2 aliphatic rings. The summed E-state index contributed by atoms with van der Waals surface area (Å²) >= 11 is 0. The lowest BCUT2D eigenvalue weighted by molar-refractivity contribution is -0.277. The second-order valence-electron chi connectivity index (χ2n) is 7.72. The molecule has 1 saturated heterocycles. The second-order valence-corrected chi connectivity index (χ2v) is 7.72. The first-order valence-electron chi connectivity index (χ1n) is 9.87. The quantitative estimate of drug-likeness (QED) is 0.263. The van der Waals surface area contributed by atoms with E-state index in [-0.39, 0.29) is 28.4 Å². The molecule has 12 heteroatoms. The van der Waals surface area contributed by atoms with Crippen molar-refractivity contribution in [3.63, 3.8) is 0 Å². The zero-order chi connectivity index (χ0) is 24.0. The Morgan fingerprint density at radius 1 is 0.909 bits per heavy atom. The summed E-state index contributed by atoms with van der Waals surface area (Å²) in [4.78, 5) is 12.7. The zero-order valence-electron chi connectivity index (χ0n) is 16.8. The highest BCUT2D eigenvalue weighted by molar-refractivity contribution is 6.05. The maximum absolute atomic E-state index is 12.7. The summed E-state index contributed by atoms with van der Waals surface area (Å²) in [5, 5.41) is 79.5. The van der Waals surface area contributed by atoms with Crippen LogP contribution in [0.1, 0.15) is 22.0 Å². The van der Waals surface area contributed by atoms with Gasteiger partial charge in [-0.3, -0.25) is 4.79 Å². The molecule has 0 spiro atoms. The van der Waals surface area contributed by atoms with Gasteiger partial charge in [0.05, 0.1) is 6.61 Å². The van der Waals surface area contributed by atoms with E-state index >= 15 is 0 Å². The molecular weight excluding hydrogens is 444 g/mol. The van der Waals surface area contributed by atoms with Crippen molar-refractivity contribution in [1.82, 2.24) is 0 Å². The van der Waals surface area contributed by atoms with E-state index in [9.17, 15) is 45.6 Å². The molecule has 7 atom stereocenters. The Balaban J connectivity index is 1.65. The molecule has 0 radical (unpaired) electrons. The van der Waals surface area contributed by atoms with Crippen molar-refractivity contribution in [2.24, 2.45) is 0 Å². The molecule has 2 heterocycles. The monoisotopic (exact) mass is 466 g/mol. The summed E-state index contributed by atoms with van der Waals surface area (Å²) in [6.45, 7) is -0.673. The van der Waals surface area contributed by atoms with Crippen LogP contribution in [0.4, 0.5) is 0 Å². The molecule has 0 aromatic heterocycles. The standard InChI is InChI=1S/C21H22O12/c22-6-13-15(26)17(28)19(30)21(33-13)31-8-4-11(25)14-12(5-8)32-20(18(29)16(14)27)9-2-1-7(23)3-10(9)24/h1-5,13,15,17-26,28-30H,6H2/t13-,15+,17?,18?,19+,20-,21-/m1/s1. The maximum atomic E-state index is 12.7. The van der Waals surface area contributed by atoms with Crippen molar-refractivity contribution in [3.05, 3.63) is 41.5 Å². The summed E-state index contributed by atoms with van der Waals surface area (Å²) in [6.07, 6.45) is -10.9. The first-order chi connectivity index (χ1) is 15.6. The highest BCUT2D eigenvalue weighted by Gasteiger charge is 2.45. The average Bonchev–Trinajstić information content (AvgIpc) is 2.76. The summed E-state index contributed by atoms with van der Waals surface area (Å²) in [6, 6.07) is 5.63. The lowest BCUT2D eigenvalue weighted by atomic mass is 9.92.